The number of nitrogens with one attached hydrogen (secondary N) is 1. The average Bonchev–Trinajstić information content (AvgIpc) is 2.76. The van der Waals surface area contributed by atoms with Gasteiger partial charge in [-0.1, -0.05) is 13.8 Å². The Morgan fingerprint density at radius 1 is 1.41 bits per heavy atom. The molecule has 0 bridgehead atoms. The van der Waals surface area contributed by atoms with Gasteiger partial charge < -0.3 is 14.6 Å². The number of imidazole rings is 1. The van der Waals surface area contributed by atoms with Crippen molar-refractivity contribution in [3.05, 3.63) is 18.2 Å². The summed E-state index contributed by atoms with van der Waals surface area (Å²) in [6.45, 7) is 11.0. The van der Waals surface area contributed by atoms with Crippen LogP contribution in [0.25, 0.3) is 0 Å². The van der Waals surface area contributed by atoms with Gasteiger partial charge in [-0.15, -0.1) is 0 Å². The zero-order chi connectivity index (χ0) is 12.5. The van der Waals surface area contributed by atoms with Gasteiger partial charge in [-0.2, -0.15) is 0 Å². The summed E-state index contributed by atoms with van der Waals surface area (Å²) in [4.78, 5) is 4.37. The van der Waals surface area contributed by atoms with Crippen molar-refractivity contribution < 1.29 is 4.74 Å². The summed E-state index contributed by atoms with van der Waals surface area (Å²) in [5.41, 5.74) is 0. The molecule has 1 rings (SSSR count). The van der Waals surface area contributed by atoms with E-state index >= 15 is 0 Å². The summed E-state index contributed by atoms with van der Waals surface area (Å²) in [5, 5.41) is 3.42. The SMILES string of the molecule is CCOCCCNCCn1ccnc1C(C)C. The van der Waals surface area contributed by atoms with E-state index in [1.54, 1.807) is 0 Å². The summed E-state index contributed by atoms with van der Waals surface area (Å²) >= 11 is 0. The molecule has 0 fully saturated rings. The van der Waals surface area contributed by atoms with Crippen molar-refractivity contribution in [3.63, 3.8) is 0 Å². The highest BCUT2D eigenvalue weighted by Gasteiger charge is 2.05. The average molecular weight is 239 g/mol. The second kappa shape index (κ2) is 8.25. The summed E-state index contributed by atoms with van der Waals surface area (Å²) in [7, 11) is 0. The van der Waals surface area contributed by atoms with E-state index in [1.807, 2.05) is 13.1 Å². The Morgan fingerprint density at radius 3 is 2.94 bits per heavy atom. The Morgan fingerprint density at radius 2 is 2.24 bits per heavy atom. The molecule has 0 saturated heterocycles. The zero-order valence-electron chi connectivity index (χ0n) is 11.3. The second-order valence-electron chi connectivity index (χ2n) is 4.43. The van der Waals surface area contributed by atoms with Crippen molar-refractivity contribution in [2.75, 3.05) is 26.3 Å². The van der Waals surface area contributed by atoms with E-state index < -0.39 is 0 Å². The number of rotatable bonds is 9. The smallest absolute Gasteiger partial charge is 0.111 e. The van der Waals surface area contributed by atoms with Crippen LogP contribution >= 0.6 is 0 Å². The van der Waals surface area contributed by atoms with Gasteiger partial charge in [0, 0.05) is 44.6 Å². The van der Waals surface area contributed by atoms with E-state index in [0.717, 1.165) is 39.3 Å². The van der Waals surface area contributed by atoms with Crippen molar-refractivity contribution in [1.82, 2.24) is 14.9 Å². The van der Waals surface area contributed by atoms with Crippen LogP contribution in [-0.4, -0.2) is 35.9 Å². The third-order valence-electron chi connectivity index (χ3n) is 2.64. The molecule has 0 spiro atoms. The minimum absolute atomic E-state index is 0.489. The minimum Gasteiger partial charge on any atom is -0.382 e. The van der Waals surface area contributed by atoms with Crippen molar-refractivity contribution in [3.8, 4) is 0 Å². The summed E-state index contributed by atoms with van der Waals surface area (Å²) < 4.78 is 7.50. The van der Waals surface area contributed by atoms with Gasteiger partial charge in [0.1, 0.15) is 5.82 Å². The fourth-order valence-electron chi connectivity index (χ4n) is 1.78. The van der Waals surface area contributed by atoms with E-state index in [-0.39, 0.29) is 0 Å². The molecule has 0 atom stereocenters. The third-order valence-corrected chi connectivity index (χ3v) is 2.64. The maximum absolute atomic E-state index is 5.28. The number of nitrogens with zero attached hydrogens (tertiary/aromatic N) is 2. The predicted octanol–water partition coefficient (Wildman–Crippen LogP) is 2.02. The largest absolute Gasteiger partial charge is 0.382 e. The number of aromatic nitrogens is 2. The van der Waals surface area contributed by atoms with Crippen LogP contribution in [0, 0.1) is 0 Å². The molecule has 1 aromatic heterocycles. The van der Waals surface area contributed by atoms with Gasteiger partial charge in [0.15, 0.2) is 0 Å². The van der Waals surface area contributed by atoms with Crippen molar-refractivity contribution >= 4 is 0 Å². The highest BCUT2D eigenvalue weighted by Crippen LogP contribution is 2.10. The predicted molar refractivity (Wildman–Crippen MR) is 70.3 cm³/mol. The maximum atomic E-state index is 5.28. The summed E-state index contributed by atoms with van der Waals surface area (Å²) in [5.74, 6) is 1.66. The highest BCUT2D eigenvalue weighted by atomic mass is 16.5. The lowest BCUT2D eigenvalue weighted by atomic mass is 10.2. The van der Waals surface area contributed by atoms with E-state index in [2.05, 4.69) is 34.9 Å². The first-order valence-corrected chi connectivity index (χ1v) is 6.55. The van der Waals surface area contributed by atoms with Gasteiger partial charge in [0.25, 0.3) is 0 Å². The van der Waals surface area contributed by atoms with E-state index in [4.69, 9.17) is 4.74 Å². The standard InChI is InChI=1S/C13H25N3O/c1-4-17-11-5-6-14-7-9-16-10-8-15-13(16)12(2)3/h8,10,12,14H,4-7,9,11H2,1-3H3. The topological polar surface area (TPSA) is 39.1 Å². The van der Waals surface area contributed by atoms with Crippen molar-refractivity contribution in [1.29, 1.82) is 0 Å². The number of hydrogen-bond acceptors (Lipinski definition) is 3. The lowest BCUT2D eigenvalue weighted by Gasteiger charge is -2.10. The van der Waals surface area contributed by atoms with Gasteiger partial charge in [0.05, 0.1) is 0 Å². The van der Waals surface area contributed by atoms with Crippen LogP contribution in [0.2, 0.25) is 0 Å². The van der Waals surface area contributed by atoms with Crippen LogP contribution in [0.3, 0.4) is 0 Å². The van der Waals surface area contributed by atoms with Crippen LogP contribution in [0.4, 0.5) is 0 Å². The Bertz CT molecular complexity index is 297. The molecule has 1 aromatic rings. The molecule has 4 nitrogen and oxygen atoms in total. The van der Waals surface area contributed by atoms with Crippen molar-refractivity contribution in [2.24, 2.45) is 0 Å². The van der Waals surface area contributed by atoms with Crippen LogP contribution < -0.4 is 5.32 Å². The minimum atomic E-state index is 0.489. The maximum Gasteiger partial charge on any atom is 0.111 e. The first-order chi connectivity index (χ1) is 8.25. The quantitative estimate of drug-likeness (QED) is 0.670. The lowest BCUT2D eigenvalue weighted by Crippen LogP contribution is -2.22. The molecule has 4 heteroatoms. The van der Waals surface area contributed by atoms with Crippen LogP contribution in [0.1, 0.15) is 38.9 Å². The molecule has 0 aliphatic rings. The summed E-state index contributed by atoms with van der Waals surface area (Å²) in [6, 6.07) is 0. The van der Waals surface area contributed by atoms with Crippen LogP contribution in [0.5, 0.6) is 0 Å². The molecular formula is C13H25N3O. The number of ether oxygens (including phenoxy) is 1. The van der Waals surface area contributed by atoms with E-state index in [0.29, 0.717) is 5.92 Å². The molecule has 17 heavy (non-hydrogen) atoms. The summed E-state index contributed by atoms with van der Waals surface area (Å²) in [6.07, 6.45) is 5.01. The highest BCUT2D eigenvalue weighted by molar-refractivity contribution is 4.97. The molecule has 0 aromatic carbocycles. The molecule has 1 heterocycles. The number of hydrogen-bond donors (Lipinski definition) is 1. The van der Waals surface area contributed by atoms with E-state index in [1.165, 1.54) is 5.82 Å². The van der Waals surface area contributed by atoms with Gasteiger partial charge in [-0.25, -0.2) is 4.98 Å². The molecule has 0 unspecified atom stereocenters. The molecule has 98 valence electrons. The van der Waals surface area contributed by atoms with Gasteiger partial charge in [-0.05, 0) is 19.9 Å². The molecule has 0 aliphatic carbocycles. The second-order valence-corrected chi connectivity index (χ2v) is 4.43. The molecular weight excluding hydrogens is 214 g/mol. The molecule has 0 radical (unpaired) electrons. The van der Waals surface area contributed by atoms with Gasteiger partial charge in [-0.3, -0.25) is 0 Å². The Kier molecular flexibility index (Phi) is 6.89. The van der Waals surface area contributed by atoms with Crippen LogP contribution in [0.15, 0.2) is 12.4 Å². The molecule has 0 aliphatic heterocycles. The van der Waals surface area contributed by atoms with Crippen LogP contribution in [-0.2, 0) is 11.3 Å². The molecule has 0 saturated carbocycles. The zero-order valence-corrected chi connectivity index (χ0v) is 11.3. The lowest BCUT2D eigenvalue weighted by molar-refractivity contribution is 0.145. The van der Waals surface area contributed by atoms with Crippen molar-refractivity contribution in [2.45, 2.75) is 39.7 Å². The Labute approximate surface area is 104 Å². The van der Waals surface area contributed by atoms with Gasteiger partial charge in [0.2, 0.25) is 0 Å². The third kappa shape index (κ3) is 5.33. The fourth-order valence-corrected chi connectivity index (χ4v) is 1.78. The normalized spacial score (nSPS) is 11.3. The Balaban J connectivity index is 2.11. The molecule has 0 amide bonds. The first kappa shape index (κ1) is 14.2. The fraction of sp³-hybridized carbons (Fsp3) is 0.769. The first-order valence-electron chi connectivity index (χ1n) is 6.55. The molecule has 1 N–H and O–H groups in total. The van der Waals surface area contributed by atoms with Gasteiger partial charge >= 0.3 is 0 Å². The monoisotopic (exact) mass is 239 g/mol. The van der Waals surface area contributed by atoms with E-state index in [9.17, 15) is 0 Å². The Hall–Kier alpha value is -0.870.